The Morgan fingerprint density at radius 3 is 2.27 bits per heavy atom. The minimum absolute atomic E-state index is 0.442. The molecule has 0 aromatic heterocycles. The van der Waals surface area contributed by atoms with E-state index >= 15 is 0 Å². The Bertz CT molecular complexity index is 611. The molecule has 0 aliphatic rings. The van der Waals surface area contributed by atoms with Crippen molar-refractivity contribution in [2.75, 3.05) is 7.11 Å². The number of hydrogen-bond donors (Lipinski definition) is 1. The van der Waals surface area contributed by atoms with Crippen molar-refractivity contribution in [2.24, 2.45) is 0 Å². The highest BCUT2D eigenvalue weighted by atomic mass is 16.5. The van der Waals surface area contributed by atoms with Crippen LogP contribution in [-0.2, 0) is 13.0 Å². The van der Waals surface area contributed by atoms with Gasteiger partial charge in [0.1, 0.15) is 5.75 Å². The molecule has 2 aromatic carbocycles. The Morgan fingerprint density at radius 2 is 1.68 bits per heavy atom. The molecule has 1 unspecified atom stereocenters. The molecule has 3 heteroatoms. The second-order valence-corrected chi connectivity index (χ2v) is 5.48. The van der Waals surface area contributed by atoms with Crippen molar-refractivity contribution in [2.45, 2.75) is 32.4 Å². The molecule has 114 valence electrons. The Hall–Kier alpha value is -2.31. The summed E-state index contributed by atoms with van der Waals surface area (Å²) in [6.07, 6.45) is 2.13. The predicted molar refractivity (Wildman–Crippen MR) is 88.8 cm³/mol. The number of nitrogens with zero attached hydrogens (tertiary/aromatic N) is 1. The molecule has 2 rings (SSSR count). The molecule has 0 heterocycles. The van der Waals surface area contributed by atoms with Gasteiger partial charge >= 0.3 is 0 Å². The van der Waals surface area contributed by atoms with E-state index in [1.807, 2.05) is 36.4 Å². The van der Waals surface area contributed by atoms with Crippen molar-refractivity contribution >= 4 is 0 Å². The molecule has 0 aliphatic carbocycles. The first kappa shape index (κ1) is 16.1. The van der Waals surface area contributed by atoms with Gasteiger partial charge in [-0.1, -0.05) is 24.3 Å². The van der Waals surface area contributed by atoms with Crippen LogP contribution in [0.2, 0.25) is 0 Å². The predicted octanol–water partition coefficient (Wildman–Crippen LogP) is 3.68. The molecule has 0 fully saturated rings. The van der Waals surface area contributed by atoms with Gasteiger partial charge in [-0.2, -0.15) is 5.26 Å². The number of nitriles is 1. The molecule has 0 radical (unpaired) electrons. The van der Waals surface area contributed by atoms with Crippen LogP contribution in [0.25, 0.3) is 0 Å². The Kier molecular flexibility index (Phi) is 6.00. The van der Waals surface area contributed by atoms with Crippen molar-refractivity contribution in [1.29, 1.82) is 5.26 Å². The maximum atomic E-state index is 8.78. The average molecular weight is 294 g/mol. The molecular weight excluding hydrogens is 272 g/mol. The molecular formula is C19H22N2O. The van der Waals surface area contributed by atoms with Gasteiger partial charge in [0.25, 0.3) is 0 Å². The van der Waals surface area contributed by atoms with Gasteiger partial charge in [0.2, 0.25) is 0 Å². The van der Waals surface area contributed by atoms with E-state index in [1.54, 1.807) is 7.11 Å². The Morgan fingerprint density at radius 1 is 1.05 bits per heavy atom. The normalized spacial score (nSPS) is 11.7. The van der Waals surface area contributed by atoms with Gasteiger partial charge in [0.15, 0.2) is 0 Å². The van der Waals surface area contributed by atoms with E-state index in [0.29, 0.717) is 11.6 Å². The van der Waals surface area contributed by atoms with Crippen molar-refractivity contribution in [3.05, 3.63) is 65.2 Å². The lowest BCUT2D eigenvalue weighted by Crippen LogP contribution is -2.25. The molecule has 2 aromatic rings. The zero-order valence-corrected chi connectivity index (χ0v) is 13.2. The van der Waals surface area contributed by atoms with Crippen LogP contribution in [0.5, 0.6) is 5.75 Å². The highest BCUT2D eigenvalue weighted by molar-refractivity contribution is 5.31. The van der Waals surface area contributed by atoms with Gasteiger partial charge in [-0.3, -0.25) is 0 Å². The van der Waals surface area contributed by atoms with Crippen molar-refractivity contribution in [3.8, 4) is 11.8 Å². The smallest absolute Gasteiger partial charge is 0.118 e. The number of methoxy groups -OCH3 is 1. The first-order valence-corrected chi connectivity index (χ1v) is 7.56. The maximum Gasteiger partial charge on any atom is 0.118 e. The number of benzene rings is 2. The van der Waals surface area contributed by atoms with E-state index in [0.717, 1.165) is 25.1 Å². The lowest BCUT2D eigenvalue weighted by Gasteiger charge is -2.14. The molecule has 0 amide bonds. The molecule has 0 spiro atoms. The van der Waals surface area contributed by atoms with Crippen LogP contribution >= 0.6 is 0 Å². The number of hydrogen-bond acceptors (Lipinski definition) is 3. The molecule has 0 bridgehead atoms. The second kappa shape index (κ2) is 8.21. The number of aryl methyl sites for hydroxylation is 1. The highest BCUT2D eigenvalue weighted by Crippen LogP contribution is 2.13. The summed E-state index contributed by atoms with van der Waals surface area (Å²) in [6, 6.07) is 18.5. The molecule has 0 aliphatic heterocycles. The fourth-order valence-corrected chi connectivity index (χ4v) is 2.27. The Labute approximate surface area is 132 Å². The van der Waals surface area contributed by atoms with Crippen LogP contribution in [0, 0.1) is 11.3 Å². The van der Waals surface area contributed by atoms with E-state index in [9.17, 15) is 0 Å². The van der Waals surface area contributed by atoms with Gasteiger partial charge in [0.05, 0.1) is 18.7 Å². The summed E-state index contributed by atoms with van der Waals surface area (Å²) in [5.41, 5.74) is 3.24. The van der Waals surface area contributed by atoms with Gasteiger partial charge in [-0.05, 0) is 55.2 Å². The van der Waals surface area contributed by atoms with Crippen LogP contribution in [0.15, 0.2) is 48.5 Å². The summed E-state index contributed by atoms with van der Waals surface area (Å²) in [4.78, 5) is 0. The van der Waals surface area contributed by atoms with Crippen LogP contribution in [0.3, 0.4) is 0 Å². The zero-order valence-electron chi connectivity index (χ0n) is 13.2. The molecule has 1 N–H and O–H groups in total. The summed E-state index contributed by atoms with van der Waals surface area (Å²) in [7, 11) is 1.68. The van der Waals surface area contributed by atoms with Gasteiger partial charge in [0, 0.05) is 12.6 Å². The number of ether oxygens (including phenoxy) is 1. The first-order valence-electron chi connectivity index (χ1n) is 7.56. The van der Waals surface area contributed by atoms with Crippen LogP contribution < -0.4 is 10.1 Å². The summed E-state index contributed by atoms with van der Waals surface area (Å²) in [5, 5.41) is 12.3. The van der Waals surface area contributed by atoms with Gasteiger partial charge in [-0.25, -0.2) is 0 Å². The fourth-order valence-electron chi connectivity index (χ4n) is 2.27. The molecule has 0 saturated carbocycles. The summed E-state index contributed by atoms with van der Waals surface area (Å²) >= 11 is 0. The quantitative estimate of drug-likeness (QED) is 0.847. The van der Waals surface area contributed by atoms with E-state index in [1.165, 1.54) is 11.1 Å². The van der Waals surface area contributed by atoms with E-state index in [2.05, 4.69) is 30.4 Å². The van der Waals surface area contributed by atoms with E-state index < -0.39 is 0 Å². The van der Waals surface area contributed by atoms with Crippen LogP contribution in [0.4, 0.5) is 0 Å². The largest absolute Gasteiger partial charge is 0.497 e. The van der Waals surface area contributed by atoms with Crippen LogP contribution in [0.1, 0.15) is 30.0 Å². The topological polar surface area (TPSA) is 45.0 Å². The third kappa shape index (κ3) is 4.91. The average Bonchev–Trinajstić information content (AvgIpc) is 2.59. The monoisotopic (exact) mass is 294 g/mol. The highest BCUT2D eigenvalue weighted by Gasteiger charge is 2.03. The molecule has 3 nitrogen and oxygen atoms in total. The summed E-state index contributed by atoms with van der Waals surface area (Å²) in [6.45, 7) is 3.03. The van der Waals surface area contributed by atoms with Gasteiger partial charge in [-0.15, -0.1) is 0 Å². The third-order valence-corrected chi connectivity index (χ3v) is 3.76. The SMILES string of the molecule is COc1ccc(CCC(C)NCc2ccc(C#N)cc2)cc1. The number of nitrogens with one attached hydrogen (secondary N) is 1. The lowest BCUT2D eigenvalue weighted by molar-refractivity contribution is 0.414. The van der Waals surface area contributed by atoms with Crippen molar-refractivity contribution in [3.63, 3.8) is 0 Å². The minimum Gasteiger partial charge on any atom is -0.497 e. The molecule has 1 atom stereocenters. The fraction of sp³-hybridized carbons (Fsp3) is 0.316. The lowest BCUT2D eigenvalue weighted by atomic mass is 10.1. The van der Waals surface area contributed by atoms with Crippen molar-refractivity contribution in [1.82, 2.24) is 5.32 Å². The summed E-state index contributed by atoms with van der Waals surface area (Å²) < 4.78 is 5.17. The zero-order chi connectivity index (χ0) is 15.8. The van der Waals surface area contributed by atoms with Gasteiger partial charge < -0.3 is 10.1 Å². The van der Waals surface area contributed by atoms with E-state index in [-0.39, 0.29) is 0 Å². The number of rotatable bonds is 7. The minimum atomic E-state index is 0.442. The standard InChI is InChI=1S/C19H22N2O/c1-15(3-4-16-9-11-19(22-2)12-10-16)21-14-18-7-5-17(13-20)6-8-18/h5-12,15,21H,3-4,14H2,1-2H3. The summed E-state index contributed by atoms with van der Waals surface area (Å²) in [5.74, 6) is 0.899. The van der Waals surface area contributed by atoms with Crippen LogP contribution in [-0.4, -0.2) is 13.2 Å². The van der Waals surface area contributed by atoms with Crippen molar-refractivity contribution < 1.29 is 4.74 Å². The molecule has 22 heavy (non-hydrogen) atoms. The molecule has 0 saturated heterocycles. The third-order valence-electron chi connectivity index (χ3n) is 3.76. The van der Waals surface area contributed by atoms with E-state index in [4.69, 9.17) is 10.00 Å². The first-order chi connectivity index (χ1) is 10.7. The maximum absolute atomic E-state index is 8.78. The Balaban J connectivity index is 1.75. The second-order valence-electron chi connectivity index (χ2n) is 5.48.